The van der Waals surface area contributed by atoms with Crippen LogP contribution >= 0.6 is 11.6 Å². The number of carbonyl (C=O) groups is 1. The third kappa shape index (κ3) is 5.49. The van der Waals surface area contributed by atoms with Crippen molar-refractivity contribution >= 4 is 27.5 Å². The van der Waals surface area contributed by atoms with E-state index >= 15 is 0 Å². The number of rotatable bonds is 7. The number of sulfone groups is 1. The second-order valence-electron chi connectivity index (χ2n) is 9.94. The first-order chi connectivity index (χ1) is 17.6. The van der Waals surface area contributed by atoms with Crippen molar-refractivity contribution in [1.29, 1.82) is 0 Å². The highest BCUT2D eigenvalue weighted by atomic mass is 35.5. The molecule has 2 aliphatic heterocycles. The monoisotopic (exact) mass is 551 g/mol. The molecule has 2 unspecified atom stereocenters. The normalized spacial score (nSPS) is 23.6. The zero-order valence-corrected chi connectivity index (χ0v) is 22.5. The van der Waals surface area contributed by atoms with Gasteiger partial charge in [0.2, 0.25) is 11.8 Å². The number of piperidine rings is 1. The number of ether oxygens (including phenoxy) is 4. The number of aromatic nitrogens is 2. The zero-order valence-electron chi connectivity index (χ0n) is 20.9. The van der Waals surface area contributed by atoms with E-state index in [0.29, 0.717) is 50.3 Å². The average Bonchev–Trinajstić information content (AvgIpc) is 3.68. The fourth-order valence-corrected chi connectivity index (χ4v) is 6.70. The molecule has 1 aromatic heterocycles. The maximum atomic E-state index is 12.6. The molecule has 3 heterocycles. The van der Waals surface area contributed by atoms with E-state index in [1.54, 1.807) is 11.8 Å². The Hall–Kier alpha value is -2.63. The van der Waals surface area contributed by atoms with Crippen LogP contribution in [0.15, 0.2) is 29.4 Å². The number of hydrogen-bond acceptors (Lipinski definition) is 9. The van der Waals surface area contributed by atoms with Gasteiger partial charge in [-0.15, -0.1) is 0 Å². The van der Waals surface area contributed by atoms with Crippen molar-refractivity contribution in [3.05, 3.63) is 35.1 Å². The summed E-state index contributed by atoms with van der Waals surface area (Å²) in [7, 11) is -3.36. The van der Waals surface area contributed by atoms with Crippen LogP contribution < -0.4 is 9.47 Å². The summed E-state index contributed by atoms with van der Waals surface area (Å²) in [5.41, 5.74) is 0.580. The fraction of sp³-hybridized carbons (Fsp3) is 0.560. The van der Waals surface area contributed by atoms with Crippen LogP contribution in [0.1, 0.15) is 45.1 Å². The molecule has 5 rings (SSSR count). The van der Waals surface area contributed by atoms with Gasteiger partial charge >= 0.3 is 6.09 Å². The summed E-state index contributed by atoms with van der Waals surface area (Å²) < 4.78 is 48.3. The number of carbonyl (C=O) groups excluding carboxylic acids is 1. The Morgan fingerprint density at radius 2 is 1.81 bits per heavy atom. The van der Waals surface area contributed by atoms with E-state index in [1.165, 1.54) is 24.5 Å². The van der Waals surface area contributed by atoms with Crippen molar-refractivity contribution in [3.63, 3.8) is 0 Å². The Morgan fingerprint density at radius 3 is 2.43 bits per heavy atom. The van der Waals surface area contributed by atoms with Crippen molar-refractivity contribution in [2.24, 2.45) is 0 Å². The van der Waals surface area contributed by atoms with E-state index in [2.05, 4.69) is 9.97 Å². The third-order valence-corrected chi connectivity index (χ3v) is 9.25. The number of nitrogens with zero attached hydrogens (tertiary/aromatic N) is 3. The van der Waals surface area contributed by atoms with E-state index in [9.17, 15) is 13.2 Å². The standard InChI is InChI=1S/C25H30ClN3O7S/c1-14(2)34-25(30)29-16-8-18(9-17(29)12-33-11-16)35-23-15(3)24(28-13-27-23)36-22-7-6-20(10-21(22)26)37(31,32)19-4-5-19/h6-7,10,13-14,16-19H,4-5,8-9,11-12H2,1-3H3/t16-,17?,18?/m1/s1. The molecule has 0 N–H and O–H groups in total. The van der Waals surface area contributed by atoms with Gasteiger partial charge in [-0.05, 0) is 51.8 Å². The first-order valence-corrected chi connectivity index (χ1v) is 14.3. The number of benzene rings is 1. The van der Waals surface area contributed by atoms with Crippen LogP contribution in [0.4, 0.5) is 4.79 Å². The smallest absolute Gasteiger partial charge is 0.410 e. The van der Waals surface area contributed by atoms with Gasteiger partial charge in [-0.25, -0.2) is 23.2 Å². The second-order valence-corrected chi connectivity index (χ2v) is 12.6. The number of hydrogen-bond donors (Lipinski definition) is 0. The van der Waals surface area contributed by atoms with Crippen molar-refractivity contribution in [2.75, 3.05) is 13.2 Å². The topological polar surface area (TPSA) is 117 Å². The Bertz CT molecular complexity index is 1270. The molecule has 1 aliphatic carbocycles. The van der Waals surface area contributed by atoms with Crippen LogP contribution in [0.3, 0.4) is 0 Å². The lowest BCUT2D eigenvalue weighted by atomic mass is 9.92. The number of fused-ring (bicyclic) bond motifs is 2. The fourth-order valence-electron chi connectivity index (χ4n) is 4.74. The van der Waals surface area contributed by atoms with Gasteiger partial charge in [-0.3, -0.25) is 4.90 Å². The molecule has 2 saturated heterocycles. The van der Waals surface area contributed by atoms with Gasteiger partial charge < -0.3 is 18.9 Å². The quantitative estimate of drug-likeness (QED) is 0.495. The lowest BCUT2D eigenvalue weighted by Crippen LogP contribution is -2.61. The maximum absolute atomic E-state index is 12.6. The van der Waals surface area contributed by atoms with Crippen molar-refractivity contribution in [2.45, 2.75) is 80.9 Å². The molecule has 37 heavy (non-hydrogen) atoms. The molecule has 1 saturated carbocycles. The van der Waals surface area contributed by atoms with Gasteiger partial charge in [-0.2, -0.15) is 0 Å². The molecule has 12 heteroatoms. The summed E-state index contributed by atoms with van der Waals surface area (Å²) in [5.74, 6) is 0.912. The summed E-state index contributed by atoms with van der Waals surface area (Å²) in [4.78, 5) is 23.1. The Kier molecular flexibility index (Phi) is 7.21. The molecular formula is C25H30ClN3O7S. The molecule has 3 aliphatic rings. The van der Waals surface area contributed by atoms with Gasteiger partial charge in [0, 0.05) is 12.8 Å². The van der Waals surface area contributed by atoms with E-state index in [4.69, 9.17) is 30.5 Å². The molecule has 3 atom stereocenters. The zero-order chi connectivity index (χ0) is 26.3. The Morgan fingerprint density at radius 1 is 1.14 bits per heavy atom. The molecule has 1 aromatic carbocycles. The Labute approximate surface area is 221 Å². The van der Waals surface area contributed by atoms with E-state index in [-0.39, 0.29) is 57.2 Å². The minimum absolute atomic E-state index is 0.147. The molecule has 3 fully saturated rings. The lowest BCUT2D eigenvalue weighted by Gasteiger charge is -2.47. The second kappa shape index (κ2) is 10.3. The SMILES string of the molecule is Cc1c(Oc2ccc(S(=O)(=O)C3CC3)cc2Cl)ncnc1OC1CC2COC[C@@H](C1)N2C(=O)OC(C)C. The predicted octanol–water partition coefficient (Wildman–Crippen LogP) is 4.32. The van der Waals surface area contributed by atoms with Crippen LogP contribution in [0, 0.1) is 6.92 Å². The number of amides is 1. The molecule has 2 aromatic rings. The highest BCUT2D eigenvalue weighted by Gasteiger charge is 2.44. The van der Waals surface area contributed by atoms with E-state index < -0.39 is 9.84 Å². The molecule has 0 spiro atoms. The molecule has 10 nitrogen and oxygen atoms in total. The van der Waals surface area contributed by atoms with Gasteiger partial charge in [0.15, 0.2) is 9.84 Å². The summed E-state index contributed by atoms with van der Waals surface area (Å²) in [5, 5.41) is -0.145. The largest absolute Gasteiger partial charge is 0.474 e. The minimum atomic E-state index is -3.36. The number of morpholine rings is 1. The highest BCUT2D eigenvalue weighted by Crippen LogP contribution is 2.38. The van der Waals surface area contributed by atoms with Gasteiger partial charge in [-0.1, -0.05) is 11.6 Å². The van der Waals surface area contributed by atoms with Gasteiger partial charge in [0.25, 0.3) is 0 Å². The molecule has 0 radical (unpaired) electrons. The molecule has 200 valence electrons. The maximum Gasteiger partial charge on any atom is 0.410 e. The highest BCUT2D eigenvalue weighted by molar-refractivity contribution is 7.92. The first kappa shape index (κ1) is 26.0. The van der Waals surface area contributed by atoms with Crippen molar-refractivity contribution in [1.82, 2.24) is 14.9 Å². The van der Waals surface area contributed by atoms with Crippen LogP contribution in [-0.4, -0.2) is 72.1 Å². The van der Waals surface area contributed by atoms with Gasteiger partial charge in [0.1, 0.15) is 18.2 Å². The van der Waals surface area contributed by atoms with E-state index in [1.807, 2.05) is 13.8 Å². The summed E-state index contributed by atoms with van der Waals surface area (Å²) >= 11 is 6.36. The lowest BCUT2D eigenvalue weighted by molar-refractivity contribution is -0.0934. The van der Waals surface area contributed by atoms with E-state index in [0.717, 1.165) is 0 Å². The van der Waals surface area contributed by atoms with Crippen LogP contribution in [-0.2, 0) is 19.3 Å². The van der Waals surface area contributed by atoms with Crippen molar-refractivity contribution in [3.8, 4) is 17.5 Å². The van der Waals surface area contributed by atoms with Crippen LogP contribution in [0.2, 0.25) is 5.02 Å². The Balaban J connectivity index is 1.28. The van der Waals surface area contributed by atoms with Crippen LogP contribution in [0.5, 0.6) is 17.5 Å². The average molecular weight is 552 g/mol. The third-order valence-electron chi connectivity index (χ3n) is 6.70. The molecular weight excluding hydrogens is 522 g/mol. The predicted molar refractivity (Wildman–Crippen MR) is 134 cm³/mol. The minimum Gasteiger partial charge on any atom is -0.474 e. The van der Waals surface area contributed by atoms with Crippen molar-refractivity contribution < 1.29 is 32.2 Å². The summed E-state index contributed by atoms with van der Waals surface area (Å²) in [6.07, 6.45) is 3.15. The van der Waals surface area contributed by atoms with Crippen LogP contribution in [0.25, 0.3) is 0 Å². The van der Waals surface area contributed by atoms with Gasteiger partial charge in [0.05, 0.1) is 52.1 Å². The molecule has 2 bridgehead atoms. The molecule has 1 amide bonds. The summed E-state index contributed by atoms with van der Waals surface area (Å²) in [6, 6.07) is 4.16. The first-order valence-electron chi connectivity index (χ1n) is 12.4. The number of halogens is 1. The summed E-state index contributed by atoms with van der Waals surface area (Å²) in [6.45, 7) is 6.28.